The van der Waals surface area contributed by atoms with Crippen LogP contribution in [0.3, 0.4) is 0 Å². The topological polar surface area (TPSA) is 37.3 Å². The Kier molecular flexibility index (Phi) is 5.60. The van der Waals surface area contributed by atoms with Crippen molar-refractivity contribution in [2.45, 2.75) is 79.2 Å². The maximum atomic E-state index is 11.6. The quantitative estimate of drug-likeness (QED) is 0.727. The van der Waals surface area contributed by atoms with E-state index in [0.29, 0.717) is 24.2 Å². The summed E-state index contributed by atoms with van der Waals surface area (Å²) in [5.74, 6) is 0.335. The fourth-order valence-corrected chi connectivity index (χ4v) is 3.70. The highest BCUT2D eigenvalue weighted by molar-refractivity contribution is 5.79. The van der Waals surface area contributed by atoms with Gasteiger partial charge in [-0.15, -0.1) is 0 Å². The summed E-state index contributed by atoms with van der Waals surface area (Å²) in [4.78, 5) is 11.6. The summed E-state index contributed by atoms with van der Waals surface area (Å²) in [7, 11) is 0. The van der Waals surface area contributed by atoms with Gasteiger partial charge in [-0.05, 0) is 57.3 Å². The Bertz CT molecular complexity index is 381. The molecule has 0 aromatic rings. The Labute approximate surface area is 124 Å². The molecule has 1 aliphatic rings. The highest BCUT2D eigenvalue weighted by atomic mass is 16.3. The number of rotatable bonds is 6. The Balaban J connectivity index is 2.80. The van der Waals surface area contributed by atoms with E-state index >= 15 is 0 Å². The summed E-state index contributed by atoms with van der Waals surface area (Å²) in [6, 6.07) is 0. The third-order valence-corrected chi connectivity index (χ3v) is 5.64. The molecule has 0 saturated carbocycles. The predicted octanol–water partition coefficient (Wildman–Crippen LogP) is 4.52. The highest BCUT2D eigenvalue weighted by Gasteiger charge is 2.38. The average molecular weight is 280 g/mol. The SMILES string of the molecule is CCC(O)(CCC1C(C)=CCCC1(C)C)C(C)C(C)=O. The van der Waals surface area contributed by atoms with E-state index in [9.17, 15) is 9.90 Å². The minimum absolute atomic E-state index is 0.0875. The molecule has 116 valence electrons. The zero-order valence-electron chi connectivity index (χ0n) is 14.1. The highest BCUT2D eigenvalue weighted by Crippen LogP contribution is 2.44. The first-order chi connectivity index (χ1) is 9.14. The molecule has 2 heteroatoms. The molecule has 1 aliphatic carbocycles. The molecule has 0 heterocycles. The molecule has 0 radical (unpaired) electrons. The van der Waals surface area contributed by atoms with Crippen LogP contribution < -0.4 is 0 Å². The standard InChI is InChI=1S/C18H32O2/c1-7-18(20,14(3)15(4)19)12-10-16-13(2)9-8-11-17(16,5)6/h9,14,16,20H,7-8,10-12H2,1-6H3. The van der Waals surface area contributed by atoms with Crippen molar-refractivity contribution in [2.75, 3.05) is 0 Å². The van der Waals surface area contributed by atoms with E-state index in [1.165, 1.54) is 12.0 Å². The van der Waals surface area contributed by atoms with E-state index in [4.69, 9.17) is 0 Å². The Morgan fingerprint density at radius 1 is 1.55 bits per heavy atom. The molecule has 3 atom stereocenters. The van der Waals surface area contributed by atoms with Gasteiger partial charge in [0.1, 0.15) is 5.78 Å². The smallest absolute Gasteiger partial charge is 0.135 e. The number of carbonyl (C=O) groups is 1. The second-order valence-electron chi connectivity index (χ2n) is 7.36. The number of hydrogen-bond acceptors (Lipinski definition) is 2. The molecule has 1 N–H and O–H groups in total. The van der Waals surface area contributed by atoms with Gasteiger partial charge in [0.25, 0.3) is 0 Å². The number of Topliss-reactive ketones (excluding diaryl/α,β-unsaturated/α-hetero) is 1. The van der Waals surface area contributed by atoms with Crippen LogP contribution in [0.1, 0.15) is 73.6 Å². The number of carbonyl (C=O) groups excluding carboxylic acids is 1. The average Bonchev–Trinajstić information content (AvgIpc) is 2.36. The van der Waals surface area contributed by atoms with Crippen LogP contribution in [0, 0.1) is 17.3 Å². The first-order valence-corrected chi connectivity index (χ1v) is 8.03. The molecule has 0 bridgehead atoms. The summed E-state index contributed by atoms with van der Waals surface area (Å²) >= 11 is 0. The lowest BCUT2D eigenvalue weighted by molar-refractivity contribution is -0.130. The van der Waals surface area contributed by atoms with Crippen LogP contribution in [0.15, 0.2) is 11.6 Å². The number of ketones is 1. The van der Waals surface area contributed by atoms with E-state index in [-0.39, 0.29) is 11.7 Å². The summed E-state index contributed by atoms with van der Waals surface area (Å²) in [6.07, 6.45) is 7.04. The third-order valence-electron chi connectivity index (χ3n) is 5.64. The number of allylic oxidation sites excluding steroid dienone is 2. The van der Waals surface area contributed by atoms with Gasteiger partial charge in [0.15, 0.2) is 0 Å². The van der Waals surface area contributed by atoms with Gasteiger partial charge in [-0.1, -0.05) is 39.3 Å². The maximum Gasteiger partial charge on any atom is 0.135 e. The fraction of sp³-hybridized carbons (Fsp3) is 0.833. The van der Waals surface area contributed by atoms with Crippen molar-refractivity contribution in [1.82, 2.24) is 0 Å². The van der Waals surface area contributed by atoms with Gasteiger partial charge in [0.2, 0.25) is 0 Å². The molecule has 1 rings (SSSR count). The monoisotopic (exact) mass is 280 g/mol. The van der Waals surface area contributed by atoms with Gasteiger partial charge in [-0.25, -0.2) is 0 Å². The molecule has 20 heavy (non-hydrogen) atoms. The second kappa shape index (κ2) is 6.43. The molecule has 3 unspecified atom stereocenters. The van der Waals surface area contributed by atoms with Crippen molar-refractivity contribution < 1.29 is 9.90 Å². The van der Waals surface area contributed by atoms with E-state index in [1.54, 1.807) is 6.92 Å². The van der Waals surface area contributed by atoms with Crippen molar-refractivity contribution in [2.24, 2.45) is 17.3 Å². The van der Waals surface area contributed by atoms with Crippen LogP contribution in [-0.4, -0.2) is 16.5 Å². The molecule has 0 spiro atoms. The lowest BCUT2D eigenvalue weighted by atomic mass is 9.65. The summed E-state index contributed by atoms with van der Waals surface area (Å²) in [5, 5.41) is 10.8. The van der Waals surface area contributed by atoms with Crippen molar-refractivity contribution in [1.29, 1.82) is 0 Å². The van der Waals surface area contributed by atoms with Gasteiger partial charge in [0.05, 0.1) is 5.60 Å². The van der Waals surface area contributed by atoms with Gasteiger partial charge in [-0.3, -0.25) is 4.79 Å². The van der Waals surface area contributed by atoms with Crippen molar-refractivity contribution in [3.63, 3.8) is 0 Å². The number of hydrogen-bond donors (Lipinski definition) is 1. The minimum Gasteiger partial charge on any atom is -0.389 e. The fourth-order valence-electron chi connectivity index (χ4n) is 3.70. The van der Waals surface area contributed by atoms with Gasteiger partial charge in [0, 0.05) is 5.92 Å². The summed E-state index contributed by atoms with van der Waals surface area (Å²) in [6.45, 7) is 12.3. The van der Waals surface area contributed by atoms with Crippen LogP contribution >= 0.6 is 0 Å². The van der Waals surface area contributed by atoms with Crippen molar-refractivity contribution in [3.05, 3.63) is 11.6 Å². The third kappa shape index (κ3) is 3.72. The molecule has 0 fully saturated rings. The Morgan fingerprint density at radius 3 is 2.60 bits per heavy atom. The van der Waals surface area contributed by atoms with Crippen LogP contribution in [0.5, 0.6) is 0 Å². The lowest BCUT2D eigenvalue weighted by Crippen LogP contribution is -2.41. The maximum absolute atomic E-state index is 11.6. The van der Waals surface area contributed by atoms with Crippen LogP contribution in [0.25, 0.3) is 0 Å². The van der Waals surface area contributed by atoms with Gasteiger partial charge >= 0.3 is 0 Å². The van der Waals surface area contributed by atoms with Crippen molar-refractivity contribution >= 4 is 5.78 Å². The normalized spacial score (nSPS) is 26.6. The van der Waals surface area contributed by atoms with Crippen LogP contribution in [-0.2, 0) is 4.79 Å². The second-order valence-corrected chi connectivity index (χ2v) is 7.36. The summed E-state index contributed by atoms with van der Waals surface area (Å²) < 4.78 is 0. The molecule has 2 nitrogen and oxygen atoms in total. The molecular weight excluding hydrogens is 248 g/mol. The van der Waals surface area contributed by atoms with E-state index < -0.39 is 5.60 Å². The van der Waals surface area contributed by atoms with Crippen molar-refractivity contribution in [3.8, 4) is 0 Å². The van der Waals surface area contributed by atoms with Crippen LogP contribution in [0.2, 0.25) is 0 Å². The molecular formula is C18H32O2. The zero-order chi connectivity index (χ0) is 15.6. The first kappa shape index (κ1) is 17.4. The molecule has 0 amide bonds. The molecule has 0 aromatic carbocycles. The number of aliphatic hydroxyl groups is 1. The van der Waals surface area contributed by atoms with E-state index in [0.717, 1.165) is 12.8 Å². The predicted molar refractivity (Wildman–Crippen MR) is 84.6 cm³/mol. The van der Waals surface area contributed by atoms with Gasteiger partial charge < -0.3 is 5.11 Å². The molecule has 0 aliphatic heterocycles. The largest absolute Gasteiger partial charge is 0.389 e. The van der Waals surface area contributed by atoms with E-state index in [1.807, 2.05) is 13.8 Å². The lowest BCUT2D eigenvalue weighted by Gasteiger charge is -2.41. The Hall–Kier alpha value is -0.630. The molecule has 0 aromatic heterocycles. The minimum atomic E-state index is -0.848. The van der Waals surface area contributed by atoms with Crippen LogP contribution in [0.4, 0.5) is 0 Å². The molecule has 0 saturated heterocycles. The summed E-state index contributed by atoms with van der Waals surface area (Å²) in [5.41, 5.74) is 0.905. The first-order valence-electron chi connectivity index (χ1n) is 8.03. The zero-order valence-corrected chi connectivity index (χ0v) is 14.1. The van der Waals surface area contributed by atoms with E-state index in [2.05, 4.69) is 26.8 Å². The van der Waals surface area contributed by atoms with Gasteiger partial charge in [-0.2, -0.15) is 0 Å². The Morgan fingerprint density at radius 2 is 2.15 bits per heavy atom.